The fourth-order valence-corrected chi connectivity index (χ4v) is 1.37. The lowest BCUT2D eigenvalue weighted by Gasteiger charge is -2.06. The summed E-state index contributed by atoms with van der Waals surface area (Å²) in [5.74, 6) is 0. The van der Waals surface area contributed by atoms with Gasteiger partial charge in [-0.3, -0.25) is 5.32 Å². The molecule has 1 heterocycles. The van der Waals surface area contributed by atoms with Crippen molar-refractivity contribution in [3.05, 3.63) is 42.6 Å². The van der Waals surface area contributed by atoms with Crippen LogP contribution in [0.15, 0.2) is 30.3 Å². The van der Waals surface area contributed by atoms with E-state index in [1.165, 1.54) is 5.56 Å². The van der Waals surface area contributed by atoms with E-state index >= 15 is 0 Å². The number of hydrogen-bond donors (Lipinski definition) is 1. The average molecular weight is 162 g/mol. The molecule has 1 aliphatic heterocycles. The first-order valence-corrected chi connectivity index (χ1v) is 4.18. The second kappa shape index (κ2) is 3.70. The summed E-state index contributed by atoms with van der Waals surface area (Å²) in [6.45, 7) is 2.46. The van der Waals surface area contributed by atoms with Gasteiger partial charge in [0.25, 0.3) is 0 Å². The molecule has 1 aromatic carbocycles. The van der Waals surface area contributed by atoms with Crippen molar-refractivity contribution in [2.45, 2.75) is 12.5 Å². The molecule has 1 aromatic rings. The Labute approximate surface area is 72.5 Å². The van der Waals surface area contributed by atoms with Crippen LogP contribution in [0, 0.1) is 6.73 Å². The predicted octanol–water partition coefficient (Wildman–Crippen LogP) is 1.34. The molecule has 0 amide bonds. The fraction of sp³-hybridized carbons (Fsp3) is 0.300. The maximum absolute atomic E-state index is 5.09. The van der Waals surface area contributed by atoms with Crippen molar-refractivity contribution in [1.82, 2.24) is 5.32 Å². The summed E-state index contributed by atoms with van der Waals surface area (Å²) < 4.78 is 5.09. The van der Waals surface area contributed by atoms with Crippen LogP contribution >= 0.6 is 0 Å². The Bertz CT molecular complexity index is 229. The Balaban J connectivity index is 1.94. The van der Waals surface area contributed by atoms with Crippen LogP contribution in [-0.2, 0) is 11.2 Å². The van der Waals surface area contributed by atoms with Crippen molar-refractivity contribution < 1.29 is 4.74 Å². The quantitative estimate of drug-likeness (QED) is 0.708. The number of ether oxygens (including phenoxy) is 1. The second-order valence-corrected chi connectivity index (χ2v) is 3.00. The van der Waals surface area contributed by atoms with E-state index < -0.39 is 0 Å². The standard InChI is InChI=1S/C10H12NO/c1-2-4-9(5-3-1)6-10-7-12-8-11-10/h1-5,8,10-11H,6-7H2/t10-/m1/s1. The third-order valence-electron chi connectivity index (χ3n) is 2.01. The van der Waals surface area contributed by atoms with Crippen LogP contribution in [0.25, 0.3) is 0 Å². The monoisotopic (exact) mass is 162 g/mol. The van der Waals surface area contributed by atoms with Gasteiger partial charge >= 0.3 is 0 Å². The molecule has 0 bridgehead atoms. The third kappa shape index (κ3) is 1.84. The van der Waals surface area contributed by atoms with Crippen LogP contribution < -0.4 is 5.32 Å². The summed E-state index contributed by atoms with van der Waals surface area (Å²) in [6.07, 6.45) is 1.04. The summed E-state index contributed by atoms with van der Waals surface area (Å²) >= 11 is 0. The molecule has 1 radical (unpaired) electrons. The van der Waals surface area contributed by atoms with E-state index in [2.05, 4.69) is 29.6 Å². The molecule has 1 N–H and O–H groups in total. The Kier molecular flexibility index (Phi) is 2.39. The lowest BCUT2D eigenvalue weighted by molar-refractivity contribution is 0.245. The van der Waals surface area contributed by atoms with Crippen molar-refractivity contribution in [2.75, 3.05) is 6.61 Å². The number of benzene rings is 1. The van der Waals surface area contributed by atoms with Gasteiger partial charge in [-0.15, -0.1) is 0 Å². The normalized spacial score (nSPS) is 22.8. The number of hydrogen-bond acceptors (Lipinski definition) is 2. The van der Waals surface area contributed by atoms with Crippen molar-refractivity contribution in [3.63, 3.8) is 0 Å². The molecule has 12 heavy (non-hydrogen) atoms. The maximum atomic E-state index is 5.09. The van der Waals surface area contributed by atoms with Gasteiger partial charge in [0.2, 0.25) is 0 Å². The van der Waals surface area contributed by atoms with Crippen LogP contribution in [0.1, 0.15) is 5.56 Å². The zero-order valence-electron chi connectivity index (χ0n) is 6.86. The minimum atomic E-state index is 0.451. The zero-order valence-corrected chi connectivity index (χ0v) is 6.86. The molecule has 63 valence electrons. The van der Waals surface area contributed by atoms with Gasteiger partial charge in [-0.1, -0.05) is 30.3 Å². The van der Waals surface area contributed by atoms with Gasteiger partial charge in [-0.2, -0.15) is 0 Å². The van der Waals surface area contributed by atoms with E-state index in [0.29, 0.717) is 6.04 Å². The van der Waals surface area contributed by atoms with Gasteiger partial charge in [0.05, 0.1) is 6.61 Å². The molecule has 0 unspecified atom stereocenters. The van der Waals surface area contributed by atoms with Gasteiger partial charge in [-0.25, -0.2) is 0 Å². The molecule has 0 saturated carbocycles. The van der Waals surface area contributed by atoms with Gasteiger partial charge in [0, 0.05) is 6.04 Å². The minimum absolute atomic E-state index is 0.451. The SMILES string of the molecule is [CH]1N[C@H](Cc2ccccc2)CO1. The molecule has 0 aliphatic carbocycles. The Morgan fingerprint density at radius 3 is 2.83 bits per heavy atom. The van der Waals surface area contributed by atoms with E-state index in [4.69, 9.17) is 4.74 Å². The van der Waals surface area contributed by atoms with Gasteiger partial charge < -0.3 is 4.74 Å². The highest BCUT2D eigenvalue weighted by Gasteiger charge is 2.14. The highest BCUT2D eigenvalue weighted by Crippen LogP contribution is 2.07. The molecule has 1 fully saturated rings. The third-order valence-corrected chi connectivity index (χ3v) is 2.01. The minimum Gasteiger partial charge on any atom is -0.357 e. The summed E-state index contributed by atoms with van der Waals surface area (Å²) in [5.41, 5.74) is 1.36. The molecule has 1 aliphatic rings. The van der Waals surface area contributed by atoms with Crippen molar-refractivity contribution in [3.8, 4) is 0 Å². The fourth-order valence-electron chi connectivity index (χ4n) is 1.37. The van der Waals surface area contributed by atoms with Crippen LogP contribution in [0.3, 0.4) is 0 Å². The molecule has 0 aromatic heterocycles. The summed E-state index contributed by atoms with van der Waals surface area (Å²) in [7, 11) is 0. The van der Waals surface area contributed by atoms with E-state index in [1.54, 1.807) is 6.73 Å². The van der Waals surface area contributed by atoms with E-state index in [0.717, 1.165) is 13.0 Å². The molecular formula is C10H12NO. The van der Waals surface area contributed by atoms with Crippen molar-refractivity contribution >= 4 is 0 Å². The summed E-state index contributed by atoms with van der Waals surface area (Å²) in [6, 6.07) is 10.9. The van der Waals surface area contributed by atoms with Crippen LogP contribution in [0.5, 0.6) is 0 Å². The van der Waals surface area contributed by atoms with Gasteiger partial charge in [0.1, 0.15) is 6.73 Å². The first-order chi connectivity index (χ1) is 5.95. The first-order valence-electron chi connectivity index (χ1n) is 4.18. The molecule has 0 spiro atoms. The Hall–Kier alpha value is -0.860. The summed E-state index contributed by atoms with van der Waals surface area (Å²) in [5, 5.41) is 3.16. The van der Waals surface area contributed by atoms with E-state index in [-0.39, 0.29) is 0 Å². The molecule has 2 nitrogen and oxygen atoms in total. The van der Waals surface area contributed by atoms with Crippen LogP contribution in [0.4, 0.5) is 0 Å². The lowest BCUT2D eigenvalue weighted by atomic mass is 10.1. The molecular weight excluding hydrogens is 150 g/mol. The topological polar surface area (TPSA) is 21.3 Å². The second-order valence-electron chi connectivity index (χ2n) is 3.00. The predicted molar refractivity (Wildman–Crippen MR) is 47.3 cm³/mol. The highest BCUT2D eigenvalue weighted by molar-refractivity contribution is 5.16. The molecule has 1 saturated heterocycles. The maximum Gasteiger partial charge on any atom is 0.148 e. The zero-order chi connectivity index (χ0) is 8.23. The Morgan fingerprint density at radius 1 is 1.33 bits per heavy atom. The van der Waals surface area contributed by atoms with Crippen LogP contribution in [-0.4, -0.2) is 12.6 Å². The highest BCUT2D eigenvalue weighted by atomic mass is 16.5. The van der Waals surface area contributed by atoms with Gasteiger partial charge in [-0.05, 0) is 12.0 Å². The number of rotatable bonds is 2. The largest absolute Gasteiger partial charge is 0.357 e. The van der Waals surface area contributed by atoms with Crippen molar-refractivity contribution in [2.24, 2.45) is 0 Å². The summed E-state index contributed by atoms with van der Waals surface area (Å²) in [4.78, 5) is 0. The average Bonchev–Trinajstić information content (AvgIpc) is 2.59. The van der Waals surface area contributed by atoms with E-state index in [1.807, 2.05) is 6.07 Å². The lowest BCUT2D eigenvalue weighted by Crippen LogP contribution is -2.24. The smallest absolute Gasteiger partial charge is 0.148 e. The molecule has 2 rings (SSSR count). The Morgan fingerprint density at radius 2 is 2.17 bits per heavy atom. The van der Waals surface area contributed by atoms with E-state index in [9.17, 15) is 0 Å². The number of nitrogens with one attached hydrogen (secondary N) is 1. The molecule has 2 heteroatoms. The molecule has 1 atom stereocenters. The van der Waals surface area contributed by atoms with Crippen molar-refractivity contribution in [1.29, 1.82) is 0 Å². The van der Waals surface area contributed by atoms with Gasteiger partial charge in [0.15, 0.2) is 0 Å². The van der Waals surface area contributed by atoms with Crippen LogP contribution in [0.2, 0.25) is 0 Å². The first kappa shape index (κ1) is 7.77.